The van der Waals surface area contributed by atoms with Crippen molar-refractivity contribution in [3.05, 3.63) is 0 Å². The first-order valence-electron chi connectivity index (χ1n) is 5.95. The lowest BCUT2D eigenvalue weighted by molar-refractivity contribution is -0.141. The second kappa shape index (κ2) is 3.48. The summed E-state index contributed by atoms with van der Waals surface area (Å²) in [7, 11) is 0. The Morgan fingerprint density at radius 2 is 1.80 bits per heavy atom. The highest BCUT2D eigenvalue weighted by atomic mass is 16.4. The van der Waals surface area contributed by atoms with Gasteiger partial charge < -0.3 is 10.8 Å². The van der Waals surface area contributed by atoms with Crippen molar-refractivity contribution in [3.63, 3.8) is 0 Å². The van der Waals surface area contributed by atoms with Gasteiger partial charge in [0, 0.05) is 0 Å². The first-order valence-corrected chi connectivity index (χ1v) is 5.95. The van der Waals surface area contributed by atoms with Crippen molar-refractivity contribution in [3.8, 4) is 0 Å². The van der Waals surface area contributed by atoms with Gasteiger partial charge in [-0.3, -0.25) is 4.79 Å². The van der Waals surface area contributed by atoms with Crippen molar-refractivity contribution in [2.24, 2.45) is 34.8 Å². The van der Waals surface area contributed by atoms with E-state index >= 15 is 0 Å². The Hall–Kier alpha value is -0.570. The van der Waals surface area contributed by atoms with Gasteiger partial charge in [-0.15, -0.1) is 0 Å². The van der Waals surface area contributed by atoms with Gasteiger partial charge in [-0.2, -0.15) is 0 Å². The summed E-state index contributed by atoms with van der Waals surface area (Å²) >= 11 is 0. The van der Waals surface area contributed by atoms with E-state index in [1.807, 2.05) is 0 Å². The number of carbonyl (C=O) groups is 1. The SMILES string of the molecule is C[C@@H]1[C@@H]2CCC2[C@H](C)C1(CN)CC(=O)O. The molecule has 0 amide bonds. The maximum Gasteiger partial charge on any atom is 0.303 e. The summed E-state index contributed by atoms with van der Waals surface area (Å²) in [5.74, 6) is 1.74. The summed E-state index contributed by atoms with van der Waals surface area (Å²) in [5.41, 5.74) is 5.75. The van der Waals surface area contributed by atoms with Crippen LogP contribution in [0.2, 0.25) is 0 Å². The molecule has 3 heteroatoms. The van der Waals surface area contributed by atoms with Crippen LogP contribution in [-0.2, 0) is 4.79 Å². The van der Waals surface area contributed by atoms with Gasteiger partial charge in [0.05, 0.1) is 6.42 Å². The van der Waals surface area contributed by atoms with Crippen LogP contribution in [0.15, 0.2) is 0 Å². The van der Waals surface area contributed by atoms with E-state index in [4.69, 9.17) is 10.8 Å². The number of fused-ring (bicyclic) bond motifs is 1. The van der Waals surface area contributed by atoms with Crippen LogP contribution in [0.1, 0.15) is 33.1 Å². The fourth-order valence-electron chi connectivity index (χ4n) is 4.11. The van der Waals surface area contributed by atoms with Gasteiger partial charge in [0.25, 0.3) is 0 Å². The number of aliphatic carboxylic acids is 1. The molecule has 5 atom stereocenters. The second-order valence-corrected chi connectivity index (χ2v) is 5.49. The topological polar surface area (TPSA) is 63.3 Å². The summed E-state index contributed by atoms with van der Waals surface area (Å²) in [4.78, 5) is 11.0. The molecular weight excluding hydrogens is 190 g/mol. The lowest BCUT2D eigenvalue weighted by Crippen LogP contribution is -2.40. The molecule has 2 unspecified atom stereocenters. The first kappa shape index (κ1) is 10.9. The summed E-state index contributed by atoms with van der Waals surface area (Å²) in [5, 5.41) is 9.04. The summed E-state index contributed by atoms with van der Waals surface area (Å²) in [6, 6.07) is 0. The van der Waals surface area contributed by atoms with Crippen LogP contribution in [0.3, 0.4) is 0 Å². The quantitative estimate of drug-likeness (QED) is 0.747. The van der Waals surface area contributed by atoms with Crippen LogP contribution >= 0.6 is 0 Å². The Balaban J connectivity index is 2.26. The predicted molar refractivity (Wildman–Crippen MR) is 58.3 cm³/mol. The zero-order chi connectivity index (χ0) is 11.2. The van der Waals surface area contributed by atoms with Crippen molar-refractivity contribution in [2.75, 3.05) is 6.54 Å². The third-order valence-electron chi connectivity index (χ3n) is 5.34. The van der Waals surface area contributed by atoms with Gasteiger partial charge in [-0.1, -0.05) is 13.8 Å². The highest BCUT2D eigenvalue weighted by Gasteiger charge is 2.59. The van der Waals surface area contributed by atoms with Gasteiger partial charge in [0.2, 0.25) is 0 Å². The monoisotopic (exact) mass is 211 g/mol. The van der Waals surface area contributed by atoms with Crippen molar-refractivity contribution in [1.82, 2.24) is 0 Å². The molecular formula is C12H21NO2. The molecule has 3 N–H and O–H groups in total. The average molecular weight is 211 g/mol. The van der Waals surface area contributed by atoms with Gasteiger partial charge in [-0.05, 0) is 48.5 Å². The molecule has 0 aliphatic heterocycles. The maximum absolute atomic E-state index is 11.0. The first-order chi connectivity index (χ1) is 7.03. The summed E-state index contributed by atoms with van der Waals surface area (Å²) < 4.78 is 0. The van der Waals surface area contributed by atoms with E-state index in [0.29, 0.717) is 18.4 Å². The van der Waals surface area contributed by atoms with Crippen molar-refractivity contribution >= 4 is 5.97 Å². The zero-order valence-corrected chi connectivity index (χ0v) is 9.57. The molecule has 0 bridgehead atoms. The summed E-state index contributed by atoms with van der Waals surface area (Å²) in [6.45, 7) is 4.93. The maximum atomic E-state index is 11.0. The Bertz CT molecular complexity index is 261. The molecule has 2 aliphatic carbocycles. The lowest BCUT2D eigenvalue weighted by atomic mass is 9.70. The Labute approximate surface area is 91.0 Å². The van der Waals surface area contributed by atoms with E-state index in [-0.39, 0.29) is 11.8 Å². The van der Waals surface area contributed by atoms with E-state index in [0.717, 1.165) is 11.8 Å². The molecule has 0 saturated heterocycles. The second-order valence-electron chi connectivity index (χ2n) is 5.49. The highest BCUT2D eigenvalue weighted by Crippen LogP contribution is 2.63. The standard InChI is InChI=1S/C12H21NO2/c1-7-9-3-4-10(9)8(2)12(7,6-13)5-11(14)15/h7-10H,3-6,13H2,1-2H3,(H,14,15)/t7-,8+,9+,10?,12?/m1/s1. The molecule has 2 aliphatic rings. The highest BCUT2D eigenvalue weighted by molar-refractivity contribution is 5.68. The molecule has 15 heavy (non-hydrogen) atoms. The van der Waals surface area contributed by atoms with Crippen molar-refractivity contribution in [1.29, 1.82) is 0 Å². The number of rotatable bonds is 3. The Kier molecular flexibility index (Phi) is 2.53. The predicted octanol–water partition coefficient (Wildman–Crippen LogP) is 1.72. The minimum absolute atomic E-state index is 0.141. The van der Waals surface area contributed by atoms with Crippen LogP contribution in [-0.4, -0.2) is 17.6 Å². The minimum Gasteiger partial charge on any atom is -0.481 e. The molecule has 2 fully saturated rings. The number of carboxylic acids is 1. The molecule has 86 valence electrons. The van der Waals surface area contributed by atoms with E-state index in [1.54, 1.807) is 0 Å². The van der Waals surface area contributed by atoms with Crippen LogP contribution in [0, 0.1) is 29.1 Å². The molecule has 2 rings (SSSR count). The number of hydrogen-bond acceptors (Lipinski definition) is 2. The molecule has 0 radical (unpaired) electrons. The van der Waals surface area contributed by atoms with Gasteiger partial charge in [0.1, 0.15) is 0 Å². The van der Waals surface area contributed by atoms with Crippen molar-refractivity contribution < 1.29 is 9.90 Å². The largest absolute Gasteiger partial charge is 0.481 e. The fraction of sp³-hybridized carbons (Fsp3) is 0.917. The smallest absolute Gasteiger partial charge is 0.303 e. The third-order valence-corrected chi connectivity index (χ3v) is 5.34. The lowest BCUT2D eigenvalue weighted by Gasteiger charge is -2.35. The number of nitrogens with two attached hydrogens (primary N) is 1. The molecule has 0 spiro atoms. The zero-order valence-electron chi connectivity index (χ0n) is 9.57. The molecule has 0 aromatic carbocycles. The minimum atomic E-state index is -0.694. The molecule has 0 heterocycles. The number of carboxylic acid groups (broad SMARTS) is 1. The van der Waals surface area contributed by atoms with Crippen LogP contribution in [0.4, 0.5) is 0 Å². The van der Waals surface area contributed by atoms with Crippen molar-refractivity contribution in [2.45, 2.75) is 33.1 Å². The number of hydrogen-bond donors (Lipinski definition) is 2. The van der Waals surface area contributed by atoms with E-state index < -0.39 is 5.97 Å². The average Bonchev–Trinajstić information content (AvgIpc) is 2.22. The van der Waals surface area contributed by atoms with E-state index in [1.165, 1.54) is 12.8 Å². The van der Waals surface area contributed by atoms with Gasteiger partial charge in [0.15, 0.2) is 0 Å². The Morgan fingerprint density at radius 1 is 1.33 bits per heavy atom. The molecule has 0 aromatic rings. The van der Waals surface area contributed by atoms with E-state index in [2.05, 4.69) is 13.8 Å². The van der Waals surface area contributed by atoms with E-state index in [9.17, 15) is 4.79 Å². The molecule has 3 nitrogen and oxygen atoms in total. The van der Waals surface area contributed by atoms with Gasteiger partial charge >= 0.3 is 5.97 Å². The Morgan fingerprint density at radius 3 is 2.07 bits per heavy atom. The summed E-state index contributed by atoms with van der Waals surface area (Å²) in [6.07, 6.45) is 2.80. The van der Waals surface area contributed by atoms with Crippen LogP contribution in [0.5, 0.6) is 0 Å². The van der Waals surface area contributed by atoms with Crippen LogP contribution in [0.25, 0.3) is 0 Å². The molecule has 0 aromatic heterocycles. The van der Waals surface area contributed by atoms with Crippen LogP contribution < -0.4 is 5.73 Å². The molecule has 2 saturated carbocycles. The normalized spacial score (nSPS) is 48.5. The third kappa shape index (κ3) is 1.32. The van der Waals surface area contributed by atoms with Gasteiger partial charge in [-0.25, -0.2) is 0 Å². The fourth-order valence-corrected chi connectivity index (χ4v) is 4.11.